The molecule has 0 spiro atoms. The Morgan fingerprint density at radius 1 is 0.923 bits per heavy atom. The van der Waals surface area contributed by atoms with Crippen molar-refractivity contribution in [2.45, 2.75) is 51.9 Å². The number of anilines is 2. The minimum Gasteiger partial charge on any atom is -0.495 e. The van der Waals surface area contributed by atoms with Gasteiger partial charge in [-0.1, -0.05) is 50.2 Å². The molecular weight excluding hydrogens is 490 g/mol. The first-order valence-corrected chi connectivity index (χ1v) is 13.5. The largest absolute Gasteiger partial charge is 0.495 e. The van der Waals surface area contributed by atoms with Gasteiger partial charge in [0.05, 0.1) is 19.2 Å². The Labute approximate surface area is 230 Å². The third kappa shape index (κ3) is 7.25. The van der Waals surface area contributed by atoms with Crippen molar-refractivity contribution in [1.82, 2.24) is 4.90 Å². The molecule has 3 amide bonds. The molecule has 0 unspecified atom stereocenters. The Morgan fingerprint density at radius 2 is 1.59 bits per heavy atom. The van der Waals surface area contributed by atoms with Crippen molar-refractivity contribution < 1.29 is 19.1 Å². The summed E-state index contributed by atoms with van der Waals surface area (Å²) >= 11 is 0. The van der Waals surface area contributed by atoms with E-state index < -0.39 is 0 Å². The van der Waals surface area contributed by atoms with Gasteiger partial charge < -0.3 is 20.3 Å². The molecule has 7 heteroatoms. The summed E-state index contributed by atoms with van der Waals surface area (Å²) in [6, 6.07) is 21.3. The number of piperidine rings is 1. The van der Waals surface area contributed by atoms with Crippen molar-refractivity contribution in [3.05, 3.63) is 89.0 Å². The van der Waals surface area contributed by atoms with E-state index in [4.69, 9.17) is 4.74 Å². The smallest absolute Gasteiger partial charge is 0.253 e. The Balaban J connectivity index is 1.30. The van der Waals surface area contributed by atoms with Gasteiger partial charge in [0.15, 0.2) is 0 Å². The lowest BCUT2D eigenvalue weighted by molar-refractivity contribution is -0.116. The normalized spacial score (nSPS) is 13.7. The highest BCUT2D eigenvalue weighted by Gasteiger charge is 2.25. The van der Waals surface area contributed by atoms with Crippen LogP contribution in [0.4, 0.5) is 11.4 Å². The van der Waals surface area contributed by atoms with Gasteiger partial charge in [-0.15, -0.1) is 0 Å². The third-order valence-corrected chi connectivity index (χ3v) is 7.22. The van der Waals surface area contributed by atoms with Crippen LogP contribution in [0.15, 0.2) is 66.7 Å². The SMILES string of the molecule is COc1ccc(C(=O)N2CCC(c3ccc(NC(=O)Cc4ccc(C(C)C)cc4)cc3)CC2)cc1NC(C)=O. The summed E-state index contributed by atoms with van der Waals surface area (Å²) in [5.74, 6) is 1.02. The molecule has 3 aromatic rings. The lowest BCUT2D eigenvalue weighted by Gasteiger charge is -2.32. The number of carbonyl (C=O) groups excluding carboxylic acids is 3. The second-order valence-corrected chi connectivity index (χ2v) is 10.4. The minimum atomic E-state index is -0.222. The maximum absolute atomic E-state index is 13.1. The average molecular weight is 528 g/mol. The Hall–Kier alpha value is -4.13. The van der Waals surface area contributed by atoms with E-state index in [1.165, 1.54) is 25.2 Å². The molecule has 2 N–H and O–H groups in total. The Kier molecular flexibility index (Phi) is 9.02. The fourth-order valence-electron chi connectivity index (χ4n) is 4.98. The zero-order valence-electron chi connectivity index (χ0n) is 23.1. The van der Waals surface area contributed by atoms with Gasteiger partial charge in [-0.3, -0.25) is 14.4 Å². The number of nitrogens with zero attached hydrogens (tertiary/aromatic N) is 1. The number of rotatable bonds is 8. The van der Waals surface area contributed by atoms with Crippen molar-refractivity contribution in [1.29, 1.82) is 0 Å². The molecule has 0 aliphatic carbocycles. The number of ether oxygens (including phenoxy) is 1. The van der Waals surface area contributed by atoms with Gasteiger partial charge in [0.25, 0.3) is 5.91 Å². The molecule has 39 heavy (non-hydrogen) atoms. The summed E-state index contributed by atoms with van der Waals surface area (Å²) in [6.07, 6.45) is 2.06. The molecule has 204 valence electrons. The Bertz CT molecular complexity index is 1310. The molecular formula is C32H37N3O4. The number of likely N-dealkylation sites (tertiary alicyclic amines) is 1. The fourth-order valence-corrected chi connectivity index (χ4v) is 4.98. The number of nitrogens with one attached hydrogen (secondary N) is 2. The van der Waals surface area contributed by atoms with Crippen LogP contribution in [-0.2, 0) is 16.0 Å². The van der Waals surface area contributed by atoms with Gasteiger partial charge in [-0.25, -0.2) is 0 Å². The maximum atomic E-state index is 13.1. The molecule has 0 radical (unpaired) electrons. The monoisotopic (exact) mass is 527 g/mol. The van der Waals surface area contributed by atoms with Crippen LogP contribution >= 0.6 is 0 Å². The second-order valence-electron chi connectivity index (χ2n) is 10.4. The van der Waals surface area contributed by atoms with Gasteiger partial charge in [0.2, 0.25) is 11.8 Å². The fraction of sp³-hybridized carbons (Fsp3) is 0.344. The van der Waals surface area contributed by atoms with Crippen LogP contribution in [0.3, 0.4) is 0 Å². The zero-order chi connectivity index (χ0) is 27.9. The van der Waals surface area contributed by atoms with Crippen molar-refractivity contribution in [3.63, 3.8) is 0 Å². The van der Waals surface area contributed by atoms with Crippen LogP contribution in [0.1, 0.15) is 72.5 Å². The van der Waals surface area contributed by atoms with E-state index in [0.29, 0.717) is 48.3 Å². The number of hydrogen-bond donors (Lipinski definition) is 2. The van der Waals surface area contributed by atoms with Crippen LogP contribution in [0.2, 0.25) is 0 Å². The van der Waals surface area contributed by atoms with E-state index in [9.17, 15) is 14.4 Å². The van der Waals surface area contributed by atoms with Crippen LogP contribution < -0.4 is 15.4 Å². The molecule has 3 aromatic carbocycles. The summed E-state index contributed by atoms with van der Waals surface area (Å²) in [4.78, 5) is 39.1. The number of hydrogen-bond acceptors (Lipinski definition) is 4. The minimum absolute atomic E-state index is 0.0351. The van der Waals surface area contributed by atoms with E-state index in [2.05, 4.69) is 48.7 Å². The standard InChI is InChI=1S/C32H37N3O4/c1-21(2)24-7-5-23(6-8-24)19-31(37)34-28-12-9-25(10-13-28)26-15-17-35(18-16-26)32(38)27-11-14-30(39-4)29(20-27)33-22(3)36/h5-14,20-21,26H,15-19H2,1-4H3,(H,33,36)(H,34,37). The first-order chi connectivity index (χ1) is 18.7. The predicted octanol–water partition coefficient (Wildman–Crippen LogP) is 5.98. The van der Waals surface area contributed by atoms with Gasteiger partial charge in [-0.2, -0.15) is 0 Å². The lowest BCUT2D eigenvalue weighted by Crippen LogP contribution is -2.38. The summed E-state index contributed by atoms with van der Waals surface area (Å²) < 4.78 is 5.29. The van der Waals surface area contributed by atoms with Crippen LogP contribution in [0.25, 0.3) is 0 Å². The van der Waals surface area contributed by atoms with Crippen LogP contribution in [0.5, 0.6) is 5.75 Å². The van der Waals surface area contributed by atoms with Crippen LogP contribution in [0, 0.1) is 0 Å². The highest BCUT2D eigenvalue weighted by molar-refractivity contribution is 5.98. The molecule has 7 nitrogen and oxygen atoms in total. The number of methoxy groups -OCH3 is 1. The zero-order valence-corrected chi connectivity index (χ0v) is 23.1. The van der Waals surface area contributed by atoms with Crippen molar-refractivity contribution in [2.75, 3.05) is 30.8 Å². The van der Waals surface area contributed by atoms with Gasteiger partial charge in [-0.05, 0) is 71.7 Å². The third-order valence-electron chi connectivity index (χ3n) is 7.22. The lowest BCUT2D eigenvalue weighted by atomic mass is 9.89. The van der Waals surface area contributed by atoms with Gasteiger partial charge in [0.1, 0.15) is 5.75 Å². The molecule has 0 atom stereocenters. The first kappa shape index (κ1) is 27.9. The maximum Gasteiger partial charge on any atom is 0.253 e. The second kappa shape index (κ2) is 12.6. The quantitative estimate of drug-likeness (QED) is 0.377. The van der Waals surface area contributed by atoms with Gasteiger partial charge in [0, 0.05) is 31.3 Å². The van der Waals surface area contributed by atoms with Crippen molar-refractivity contribution in [3.8, 4) is 5.75 Å². The topological polar surface area (TPSA) is 87.7 Å². The molecule has 0 aromatic heterocycles. The number of benzene rings is 3. The molecule has 1 saturated heterocycles. The molecule has 4 rings (SSSR count). The summed E-state index contributed by atoms with van der Waals surface area (Å²) in [6.45, 7) is 7.04. The van der Waals surface area contributed by atoms with E-state index in [-0.39, 0.29) is 17.7 Å². The molecule has 0 saturated carbocycles. The predicted molar refractivity (Wildman–Crippen MR) is 154 cm³/mol. The van der Waals surface area contributed by atoms with Gasteiger partial charge >= 0.3 is 0 Å². The first-order valence-electron chi connectivity index (χ1n) is 13.5. The Morgan fingerprint density at radius 3 is 2.18 bits per heavy atom. The molecule has 1 heterocycles. The van der Waals surface area contributed by atoms with Crippen molar-refractivity contribution in [2.24, 2.45) is 0 Å². The summed E-state index contributed by atoms with van der Waals surface area (Å²) in [5.41, 5.74) is 5.26. The summed E-state index contributed by atoms with van der Waals surface area (Å²) in [5, 5.41) is 5.72. The van der Waals surface area contributed by atoms with E-state index in [1.54, 1.807) is 18.2 Å². The molecule has 0 bridgehead atoms. The van der Waals surface area contributed by atoms with E-state index in [1.807, 2.05) is 29.2 Å². The van der Waals surface area contributed by atoms with E-state index in [0.717, 1.165) is 24.1 Å². The molecule has 1 aliphatic rings. The number of amides is 3. The highest BCUT2D eigenvalue weighted by Crippen LogP contribution is 2.31. The molecule has 1 fully saturated rings. The molecule has 1 aliphatic heterocycles. The van der Waals surface area contributed by atoms with E-state index >= 15 is 0 Å². The summed E-state index contributed by atoms with van der Waals surface area (Å²) in [7, 11) is 1.53. The van der Waals surface area contributed by atoms with Crippen LogP contribution in [-0.4, -0.2) is 42.8 Å². The average Bonchev–Trinajstić information content (AvgIpc) is 2.93. The highest BCUT2D eigenvalue weighted by atomic mass is 16.5. The number of carbonyl (C=O) groups is 3. The van der Waals surface area contributed by atoms with Crippen molar-refractivity contribution >= 4 is 29.1 Å².